The molecule has 0 radical (unpaired) electrons. The summed E-state index contributed by atoms with van der Waals surface area (Å²) in [6, 6.07) is 11.6. The molecule has 0 bridgehead atoms. The Morgan fingerprint density at radius 1 is 1.12 bits per heavy atom. The second kappa shape index (κ2) is 8.84. The number of benzene rings is 2. The van der Waals surface area contributed by atoms with Crippen LogP contribution in [0.2, 0.25) is 0 Å². The normalized spacial score (nSPS) is 24.5. The quantitative estimate of drug-likeness (QED) is 0.419. The fourth-order valence-electron chi connectivity index (χ4n) is 3.88. The third-order valence-corrected chi connectivity index (χ3v) is 8.66. The maximum atomic E-state index is 12.8. The van der Waals surface area contributed by atoms with E-state index in [1.54, 1.807) is 19.0 Å². The van der Waals surface area contributed by atoms with Gasteiger partial charge in [-0.1, -0.05) is 43.3 Å². The van der Waals surface area contributed by atoms with E-state index in [1.165, 1.54) is 6.07 Å². The highest BCUT2D eigenvalue weighted by molar-refractivity contribution is 8.24. The second-order valence-electron chi connectivity index (χ2n) is 7.66. The second-order valence-corrected chi connectivity index (χ2v) is 11.3. The van der Waals surface area contributed by atoms with E-state index in [9.17, 15) is 30.7 Å². The number of hydrogen-bond donors (Lipinski definition) is 3. The molecule has 0 saturated carbocycles. The van der Waals surface area contributed by atoms with E-state index in [0.717, 1.165) is 17.7 Å². The van der Waals surface area contributed by atoms with Crippen molar-refractivity contribution >= 4 is 20.7 Å². The van der Waals surface area contributed by atoms with Gasteiger partial charge in [-0.2, -0.15) is 32.2 Å². The van der Waals surface area contributed by atoms with E-state index >= 15 is 0 Å². The molecule has 178 valence electrons. The molecular weight excluding hydrogens is 469 g/mol. The van der Waals surface area contributed by atoms with Crippen molar-refractivity contribution in [2.75, 3.05) is 14.1 Å². The van der Waals surface area contributed by atoms with Crippen LogP contribution >= 0.6 is 10.6 Å². The summed E-state index contributed by atoms with van der Waals surface area (Å²) in [5.74, 6) is -0.652. The first-order chi connectivity index (χ1) is 14.8. The van der Waals surface area contributed by atoms with Crippen LogP contribution in [0.3, 0.4) is 0 Å². The molecule has 1 aliphatic rings. The molecule has 0 spiro atoms. The van der Waals surface area contributed by atoms with E-state index in [2.05, 4.69) is 9.50 Å². The topological polar surface area (TPSA) is 99.1 Å². The van der Waals surface area contributed by atoms with Crippen LogP contribution < -0.4 is 9.50 Å². The van der Waals surface area contributed by atoms with Gasteiger partial charge in [0.05, 0.1) is 10.9 Å². The lowest BCUT2D eigenvalue weighted by Crippen LogP contribution is -2.48. The van der Waals surface area contributed by atoms with Crippen molar-refractivity contribution in [2.24, 2.45) is 0 Å². The molecule has 3 atom stereocenters. The van der Waals surface area contributed by atoms with Crippen LogP contribution in [0.4, 0.5) is 13.2 Å². The van der Waals surface area contributed by atoms with Crippen molar-refractivity contribution in [1.29, 1.82) is 0 Å². The van der Waals surface area contributed by atoms with Crippen molar-refractivity contribution in [3.8, 4) is 5.75 Å². The number of fused-ring (bicyclic) bond motifs is 1. The minimum absolute atomic E-state index is 0.0663. The van der Waals surface area contributed by atoms with Crippen molar-refractivity contribution in [1.82, 2.24) is 10.2 Å². The highest BCUT2D eigenvalue weighted by atomic mass is 32.3. The zero-order valence-electron chi connectivity index (χ0n) is 17.6. The molecule has 1 heterocycles. The van der Waals surface area contributed by atoms with Crippen molar-refractivity contribution in [3.63, 3.8) is 0 Å². The molecule has 3 rings (SSSR count). The molecule has 32 heavy (non-hydrogen) atoms. The van der Waals surface area contributed by atoms with Crippen molar-refractivity contribution < 1.29 is 34.9 Å². The SMILES string of the molecule is CCC1NC(c2ccccc2)c2ccc(OS(=O)(=O)C(F)(F)F)cc2S(O)(O)C1N(C)C. The first kappa shape index (κ1) is 24.8. The Kier molecular flexibility index (Phi) is 6.85. The largest absolute Gasteiger partial charge is 0.534 e. The van der Waals surface area contributed by atoms with Gasteiger partial charge in [-0.3, -0.25) is 14.0 Å². The third kappa shape index (κ3) is 4.61. The fraction of sp³-hybridized carbons (Fsp3) is 0.400. The van der Waals surface area contributed by atoms with Crippen LogP contribution in [-0.4, -0.2) is 53.4 Å². The van der Waals surface area contributed by atoms with Crippen LogP contribution in [0.25, 0.3) is 0 Å². The molecule has 0 aliphatic carbocycles. The first-order valence-electron chi connectivity index (χ1n) is 9.68. The lowest BCUT2D eigenvalue weighted by atomic mass is 9.97. The van der Waals surface area contributed by atoms with Crippen LogP contribution in [0, 0.1) is 0 Å². The number of rotatable bonds is 5. The minimum atomic E-state index is -5.91. The number of likely N-dealkylation sites (N-methyl/N-ethyl adjacent to an activating group) is 1. The van der Waals surface area contributed by atoms with E-state index in [0.29, 0.717) is 12.0 Å². The van der Waals surface area contributed by atoms with E-state index in [1.807, 2.05) is 37.3 Å². The molecule has 7 nitrogen and oxygen atoms in total. The molecule has 0 aromatic heterocycles. The summed E-state index contributed by atoms with van der Waals surface area (Å²) in [5.41, 5.74) is -4.40. The summed E-state index contributed by atoms with van der Waals surface area (Å²) in [5, 5.41) is 2.61. The average molecular weight is 495 g/mol. The van der Waals surface area contributed by atoms with Crippen LogP contribution in [-0.2, 0) is 10.1 Å². The van der Waals surface area contributed by atoms with Gasteiger partial charge in [0.2, 0.25) is 0 Å². The van der Waals surface area contributed by atoms with Gasteiger partial charge in [0.1, 0.15) is 11.1 Å². The van der Waals surface area contributed by atoms with Gasteiger partial charge in [0.15, 0.2) is 0 Å². The lowest BCUT2D eigenvalue weighted by molar-refractivity contribution is -0.0500. The fourth-order valence-corrected chi connectivity index (χ4v) is 6.73. The van der Waals surface area contributed by atoms with Crippen LogP contribution in [0.1, 0.15) is 30.5 Å². The molecule has 3 unspecified atom stereocenters. The van der Waals surface area contributed by atoms with E-state index in [4.69, 9.17) is 0 Å². The van der Waals surface area contributed by atoms with Crippen LogP contribution in [0.5, 0.6) is 5.75 Å². The number of nitrogens with one attached hydrogen (secondary N) is 1. The van der Waals surface area contributed by atoms with Gasteiger partial charge in [0.25, 0.3) is 0 Å². The highest BCUT2D eigenvalue weighted by Crippen LogP contribution is 2.59. The van der Waals surface area contributed by atoms with Gasteiger partial charge in [0, 0.05) is 12.1 Å². The standard InChI is InChI=1S/C20H25F3N2O5S2/c1-4-16-19(25(2)3)31(26,27)17-12-14(30-32(28,29)20(21,22)23)10-11-15(17)18(24-16)13-8-6-5-7-9-13/h5-12,16,18-19,24,26-27H,4H2,1-3H3. The maximum absolute atomic E-state index is 12.8. The molecule has 0 amide bonds. The summed E-state index contributed by atoms with van der Waals surface area (Å²) in [7, 11) is -6.21. The summed E-state index contributed by atoms with van der Waals surface area (Å²) >= 11 is 0. The Bertz CT molecular complexity index is 1060. The Labute approximate surface area is 186 Å². The Morgan fingerprint density at radius 2 is 1.75 bits per heavy atom. The molecule has 2 aromatic rings. The maximum Gasteiger partial charge on any atom is 0.534 e. The van der Waals surface area contributed by atoms with E-state index < -0.39 is 49.4 Å². The average Bonchev–Trinajstić information content (AvgIpc) is 2.79. The van der Waals surface area contributed by atoms with Gasteiger partial charge < -0.3 is 9.50 Å². The monoisotopic (exact) mass is 494 g/mol. The van der Waals surface area contributed by atoms with Crippen LogP contribution in [0.15, 0.2) is 53.4 Å². The Balaban J connectivity index is 2.21. The molecule has 12 heteroatoms. The van der Waals surface area contributed by atoms with Crippen molar-refractivity contribution in [2.45, 2.75) is 41.2 Å². The predicted molar refractivity (Wildman–Crippen MR) is 116 cm³/mol. The lowest BCUT2D eigenvalue weighted by Gasteiger charge is -2.46. The molecule has 3 N–H and O–H groups in total. The molecular formula is C20H25F3N2O5S2. The highest BCUT2D eigenvalue weighted by Gasteiger charge is 2.49. The third-order valence-electron chi connectivity index (χ3n) is 5.25. The zero-order valence-corrected chi connectivity index (χ0v) is 19.2. The van der Waals surface area contributed by atoms with Gasteiger partial charge in [-0.25, -0.2) is 0 Å². The summed E-state index contributed by atoms with van der Waals surface area (Å²) in [6.07, 6.45) is 0.530. The molecule has 0 fully saturated rings. The van der Waals surface area contributed by atoms with Gasteiger partial charge in [-0.15, -0.1) is 0 Å². The number of halogens is 3. The minimum Gasteiger partial charge on any atom is -0.376 e. The van der Waals surface area contributed by atoms with E-state index in [-0.39, 0.29) is 4.90 Å². The van der Waals surface area contributed by atoms with Crippen molar-refractivity contribution in [3.05, 3.63) is 59.7 Å². The smallest absolute Gasteiger partial charge is 0.376 e. The number of hydrogen-bond acceptors (Lipinski definition) is 7. The summed E-state index contributed by atoms with van der Waals surface area (Å²) in [4.78, 5) is 1.57. The van der Waals surface area contributed by atoms with Gasteiger partial charge >= 0.3 is 15.6 Å². The number of alkyl halides is 3. The molecule has 1 aliphatic heterocycles. The first-order valence-corrected chi connectivity index (χ1v) is 12.7. The zero-order chi connectivity index (χ0) is 23.9. The molecule has 2 aromatic carbocycles. The van der Waals surface area contributed by atoms with Gasteiger partial charge in [-0.05, 0) is 37.7 Å². The summed E-state index contributed by atoms with van der Waals surface area (Å²) in [6.45, 7) is 1.88. The Morgan fingerprint density at radius 3 is 2.28 bits per heavy atom. The predicted octanol–water partition coefficient (Wildman–Crippen LogP) is 4.38. The summed E-state index contributed by atoms with van der Waals surface area (Å²) < 4.78 is 88.3. The number of nitrogens with zero attached hydrogens (tertiary/aromatic N) is 1. The Hall–Kier alpha value is -1.83. The molecule has 0 saturated heterocycles.